The molecule has 1 amide bonds. The first-order valence-corrected chi connectivity index (χ1v) is 10.8. The Kier molecular flexibility index (Phi) is 5.56. The molecule has 0 spiro atoms. The lowest BCUT2D eigenvalue weighted by molar-refractivity contribution is 0.0954. The van der Waals surface area contributed by atoms with Gasteiger partial charge in [0.15, 0.2) is 0 Å². The Bertz CT molecular complexity index is 859. The summed E-state index contributed by atoms with van der Waals surface area (Å²) >= 11 is 1.17. The van der Waals surface area contributed by atoms with Gasteiger partial charge in [-0.25, -0.2) is 8.42 Å². The van der Waals surface area contributed by atoms with Gasteiger partial charge in [0.05, 0.1) is 0 Å². The second-order valence-electron chi connectivity index (χ2n) is 6.08. The average Bonchev–Trinajstić information content (AvgIpc) is 3.12. The maximum Gasteiger partial charge on any atom is 0.262 e. The molecule has 1 N–H and O–H groups in total. The molecule has 0 saturated carbocycles. The first-order chi connectivity index (χ1) is 12.0. The third-order valence-corrected chi connectivity index (χ3v) is 7.29. The van der Waals surface area contributed by atoms with Gasteiger partial charge in [-0.05, 0) is 35.4 Å². The number of carbonyl (C=O) groups excluding carboxylic acids is 1. The Morgan fingerprint density at radius 3 is 2.76 bits per heavy atom. The fourth-order valence-electron chi connectivity index (χ4n) is 2.94. The molecule has 7 heteroatoms. The Hall–Kier alpha value is -1.70. The number of benzene rings is 1. The van der Waals surface area contributed by atoms with Crippen molar-refractivity contribution in [3.05, 3.63) is 51.7 Å². The summed E-state index contributed by atoms with van der Waals surface area (Å²) in [6.07, 6.45) is 2.54. The number of nitrogens with zero attached hydrogens (tertiary/aromatic N) is 1. The molecule has 1 aromatic carbocycles. The van der Waals surface area contributed by atoms with E-state index in [-0.39, 0.29) is 15.7 Å². The third-order valence-electron chi connectivity index (χ3n) is 4.36. The van der Waals surface area contributed by atoms with E-state index in [0.29, 0.717) is 26.1 Å². The fraction of sp³-hybridized carbons (Fsp3) is 0.389. The molecule has 0 saturated heterocycles. The van der Waals surface area contributed by atoms with Gasteiger partial charge in [0.2, 0.25) is 10.0 Å². The van der Waals surface area contributed by atoms with Crippen LogP contribution in [-0.4, -0.2) is 31.7 Å². The SMILES string of the molecule is CCCCNC(=O)c1sccc1S(=O)(=O)N1CCc2ccccc2C1. The lowest BCUT2D eigenvalue weighted by Crippen LogP contribution is -2.36. The van der Waals surface area contributed by atoms with Crippen LogP contribution in [0.15, 0.2) is 40.6 Å². The van der Waals surface area contributed by atoms with Crippen LogP contribution in [0.4, 0.5) is 0 Å². The zero-order valence-corrected chi connectivity index (χ0v) is 15.8. The molecule has 5 nitrogen and oxygen atoms in total. The van der Waals surface area contributed by atoms with Crippen LogP contribution in [0.3, 0.4) is 0 Å². The summed E-state index contributed by atoms with van der Waals surface area (Å²) in [6, 6.07) is 9.43. The Labute approximate surface area is 152 Å². The van der Waals surface area contributed by atoms with E-state index in [2.05, 4.69) is 5.32 Å². The van der Waals surface area contributed by atoms with Gasteiger partial charge in [-0.3, -0.25) is 4.79 Å². The molecule has 1 aromatic heterocycles. The van der Waals surface area contributed by atoms with Gasteiger partial charge in [-0.15, -0.1) is 11.3 Å². The smallest absolute Gasteiger partial charge is 0.262 e. The predicted molar refractivity (Wildman–Crippen MR) is 99.3 cm³/mol. The molecule has 0 radical (unpaired) electrons. The molecule has 0 fully saturated rings. The maximum absolute atomic E-state index is 13.1. The van der Waals surface area contributed by atoms with Crippen molar-refractivity contribution in [1.82, 2.24) is 9.62 Å². The summed E-state index contributed by atoms with van der Waals surface area (Å²) < 4.78 is 27.6. The summed E-state index contributed by atoms with van der Waals surface area (Å²) in [7, 11) is -3.68. The number of fused-ring (bicyclic) bond motifs is 1. The summed E-state index contributed by atoms with van der Waals surface area (Å²) in [5.41, 5.74) is 2.22. The molecule has 0 unspecified atom stereocenters. The molecule has 134 valence electrons. The summed E-state index contributed by atoms with van der Waals surface area (Å²) in [4.78, 5) is 12.7. The van der Waals surface area contributed by atoms with E-state index < -0.39 is 10.0 Å². The zero-order chi connectivity index (χ0) is 17.9. The van der Waals surface area contributed by atoms with Crippen molar-refractivity contribution < 1.29 is 13.2 Å². The lowest BCUT2D eigenvalue weighted by Gasteiger charge is -2.28. The van der Waals surface area contributed by atoms with Crippen molar-refractivity contribution in [3.63, 3.8) is 0 Å². The lowest BCUT2D eigenvalue weighted by atomic mass is 10.0. The van der Waals surface area contributed by atoms with Crippen molar-refractivity contribution in [1.29, 1.82) is 0 Å². The zero-order valence-electron chi connectivity index (χ0n) is 14.2. The van der Waals surface area contributed by atoms with Crippen LogP contribution < -0.4 is 5.32 Å². The molecule has 3 rings (SSSR count). The summed E-state index contributed by atoms with van der Waals surface area (Å²) in [5, 5.41) is 4.47. The van der Waals surface area contributed by atoms with E-state index in [9.17, 15) is 13.2 Å². The minimum absolute atomic E-state index is 0.117. The maximum atomic E-state index is 13.1. The van der Waals surface area contributed by atoms with Crippen LogP contribution in [0.25, 0.3) is 0 Å². The van der Waals surface area contributed by atoms with E-state index in [1.54, 1.807) is 5.38 Å². The molecule has 2 aromatic rings. The number of carbonyl (C=O) groups is 1. The number of hydrogen-bond donors (Lipinski definition) is 1. The van der Waals surface area contributed by atoms with Crippen LogP contribution in [0.2, 0.25) is 0 Å². The molecule has 1 aliphatic rings. The van der Waals surface area contributed by atoms with Gasteiger partial charge >= 0.3 is 0 Å². The first-order valence-electron chi connectivity index (χ1n) is 8.46. The van der Waals surface area contributed by atoms with E-state index in [0.717, 1.165) is 18.4 Å². The number of sulfonamides is 1. The number of nitrogens with one attached hydrogen (secondary N) is 1. The van der Waals surface area contributed by atoms with Gasteiger partial charge in [-0.2, -0.15) is 4.31 Å². The van der Waals surface area contributed by atoms with Crippen molar-refractivity contribution >= 4 is 27.3 Å². The summed E-state index contributed by atoms with van der Waals surface area (Å²) in [5.74, 6) is -0.306. The second kappa shape index (κ2) is 7.68. The van der Waals surface area contributed by atoms with Crippen molar-refractivity contribution in [2.45, 2.75) is 37.6 Å². The minimum atomic E-state index is -3.68. The highest BCUT2D eigenvalue weighted by Crippen LogP contribution is 2.29. The molecule has 0 aliphatic carbocycles. The van der Waals surface area contributed by atoms with E-state index in [1.807, 2.05) is 31.2 Å². The molecule has 0 bridgehead atoms. The van der Waals surface area contributed by atoms with Crippen LogP contribution >= 0.6 is 11.3 Å². The van der Waals surface area contributed by atoms with Gasteiger partial charge in [0, 0.05) is 19.6 Å². The van der Waals surface area contributed by atoms with Crippen LogP contribution in [0, 0.1) is 0 Å². The van der Waals surface area contributed by atoms with Gasteiger partial charge in [0.25, 0.3) is 5.91 Å². The number of hydrogen-bond acceptors (Lipinski definition) is 4. The average molecular weight is 379 g/mol. The van der Waals surface area contributed by atoms with Crippen molar-refractivity contribution in [3.8, 4) is 0 Å². The van der Waals surface area contributed by atoms with E-state index in [1.165, 1.54) is 27.3 Å². The van der Waals surface area contributed by atoms with Gasteiger partial charge < -0.3 is 5.32 Å². The summed E-state index contributed by atoms with van der Waals surface area (Å²) in [6.45, 7) is 3.39. The number of rotatable bonds is 6. The highest BCUT2D eigenvalue weighted by molar-refractivity contribution is 7.89. The molecule has 2 heterocycles. The number of amides is 1. The predicted octanol–water partition coefficient (Wildman–Crippen LogP) is 3.03. The molecular formula is C18H22N2O3S2. The van der Waals surface area contributed by atoms with Gasteiger partial charge in [0.1, 0.15) is 9.77 Å². The number of thiophene rings is 1. The monoisotopic (exact) mass is 378 g/mol. The Morgan fingerprint density at radius 2 is 2.00 bits per heavy atom. The van der Waals surface area contributed by atoms with Crippen molar-refractivity contribution in [2.75, 3.05) is 13.1 Å². The second-order valence-corrected chi connectivity index (χ2v) is 8.90. The molecule has 25 heavy (non-hydrogen) atoms. The quantitative estimate of drug-likeness (QED) is 0.786. The van der Waals surface area contributed by atoms with Crippen LogP contribution in [-0.2, 0) is 23.0 Å². The Morgan fingerprint density at radius 1 is 1.24 bits per heavy atom. The van der Waals surface area contributed by atoms with E-state index in [4.69, 9.17) is 0 Å². The normalized spacial score (nSPS) is 14.9. The molecular weight excluding hydrogens is 356 g/mol. The Balaban J connectivity index is 1.82. The largest absolute Gasteiger partial charge is 0.351 e. The third kappa shape index (κ3) is 3.78. The van der Waals surface area contributed by atoms with E-state index >= 15 is 0 Å². The topological polar surface area (TPSA) is 66.5 Å². The first kappa shape index (κ1) is 18.1. The van der Waals surface area contributed by atoms with Crippen molar-refractivity contribution in [2.24, 2.45) is 0 Å². The standard InChI is InChI=1S/C18H22N2O3S2/c1-2-3-10-19-18(21)17-16(9-12-24-17)25(22,23)20-11-8-14-6-4-5-7-15(14)13-20/h4-7,9,12H,2-3,8,10-11,13H2,1H3,(H,19,21). The molecule has 0 atom stereocenters. The highest BCUT2D eigenvalue weighted by Gasteiger charge is 2.32. The highest BCUT2D eigenvalue weighted by atomic mass is 32.2. The van der Waals surface area contributed by atoms with Gasteiger partial charge in [-0.1, -0.05) is 37.6 Å². The molecule has 1 aliphatic heterocycles. The number of unbranched alkanes of at least 4 members (excludes halogenated alkanes) is 1. The fourth-order valence-corrected chi connectivity index (χ4v) is 5.68. The van der Waals surface area contributed by atoms with Crippen LogP contribution in [0.1, 0.15) is 40.6 Å². The minimum Gasteiger partial charge on any atom is -0.351 e. The van der Waals surface area contributed by atoms with Crippen LogP contribution in [0.5, 0.6) is 0 Å².